The van der Waals surface area contributed by atoms with Crippen LogP contribution in [-0.4, -0.2) is 38.9 Å². The summed E-state index contributed by atoms with van der Waals surface area (Å²) in [6, 6.07) is 13.1. The summed E-state index contributed by atoms with van der Waals surface area (Å²) in [7, 11) is -1.90. The molecule has 1 saturated heterocycles. The van der Waals surface area contributed by atoms with E-state index in [0.717, 1.165) is 18.4 Å². The minimum atomic E-state index is -3.48. The second-order valence-corrected chi connectivity index (χ2v) is 8.00. The van der Waals surface area contributed by atoms with Crippen LogP contribution >= 0.6 is 0 Å². The molecule has 2 aromatic rings. The standard InChI is InChI=1S/C19H21NO5S/c1-24-17-6-4-5-15(13-17)14-25-19(21)16-7-9-18(10-8-16)26(22,23)20-11-2-3-12-20/h4-10,13H,2-3,11-12,14H2,1H3. The fourth-order valence-corrected chi connectivity index (χ4v) is 4.35. The van der Waals surface area contributed by atoms with Gasteiger partial charge in [0.05, 0.1) is 17.6 Å². The largest absolute Gasteiger partial charge is 0.497 e. The number of nitrogens with zero attached hydrogens (tertiary/aromatic N) is 1. The highest BCUT2D eigenvalue weighted by Gasteiger charge is 2.27. The molecule has 26 heavy (non-hydrogen) atoms. The lowest BCUT2D eigenvalue weighted by atomic mass is 10.2. The molecule has 0 spiro atoms. The Morgan fingerprint density at radius 3 is 2.42 bits per heavy atom. The van der Waals surface area contributed by atoms with Gasteiger partial charge in [-0.25, -0.2) is 13.2 Å². The molecule has 7 heteroatoms. The lowest BCUT2D eigenvalue weighted by Gasteiger charge is -2.15. The molecule has 0 aliphatic carbocycles. The molecule has 0 radical (unpaired) electrons. The summed E-state index contributed by atoms with van der Waals surface area (Å²) in [4.78, 5) is 12.4. The smallest absolute Gasteiger partial charge is 0.338 e. The third-order valence-electron chi connectivity index (χ3n) is 4.30. The van der Waals surface area contributed by atoms with Gasteiger partial charge in [-0.2, -0.15) is 4.31 Å². The summed E-state index contributed by atoms with van der Waals surface area (Å²) in [5.74, 6) is 0.188. The molecule has 2 aromatic carbocycles. The van der Waals surface area contributed by atoms with Crippen molar-refractivity contribution in [3.8, 4) is 5.75 Å². The SMILES string of the molecule is COc1cccc(COC(=O)c2ccc(S(=O)(=O)N3CCCC3)cc2)c1. The zero-order valence-corrected chi connectivity index (χ0v) is 15.4. The fourth-order valence-electron chi connectivity index (χ4n) is 2.83. The molecule has 0 amide bonds. The number of ether oxygens (including phenoxy) is 2. The van der Waals surface area contributed by atoms with E-state index in [0.29, 0.717) is 24.4 Å². The zero-order valence-electron chi connectivity index (χ0n) is 14.6. The Morgan fingerprint density at radius 2 is 1.77 bits per heavy atom. The molecule has 138 valence electrons. The first-order valence-electron chi connectivity index (χ1n) is 8.41. The summed E-state index contributed by atoms with van der Waals surface area (Å²) in [5.41, 5.74) is 1.12. The Hall–Kier alpha value is -2.38. The summed E-state index contributed by atoms with van der Waals surface area (Å²) in [6.07, 6.45) is 1.77. The average molecular weight is 375 g/mol. The zero-order chi connectivity index (χ0) is 18.6. The third-order valence-corrected chi connectivity index (χ3v) is 6.21. The minimum absolute atomic E-state index is 0.115. The predicted molar refractivity (Wildman–Crippen MR) is 96.5 cm³/mol. The molecule has 0 saturated carbocycles. The summed E-state index contributed by atoms with van der Waals surface area (Å²) in [6.45, 7) is 1.21. The maximum absolute atomic E-state index is 12.5. The van der Waals surface area contributed by atoms with E-state index in [-0.39, 0.29) is 11.5 Å². The summed E-state index contributed by atoms with van der Waals surface area (Å²) in [5, 5.41) is 0. The van der Waals surface area contributed by atoms with Crippen LogP contribution < -0.4 is 4.74 Å². The maximum atomic E-state index is 12.5. The highest BCUT2D eigenvalue weighted by Crippen LogP contribution is 2.21. The number of carbonyl (C=O) groups excluding carboxylic acids is 1. The molecule has 1 aliphatic heterocycles. The van der Waals surface area contributed by atoms with Crippen LogP contribution in [0.4, 0.5) is 0 Å². The first-order chi connectivity index (χ1) is 12.5. The van der Waals surface area contributed by atoms with Gasteiger partial charge in [0.25, 0.3) is 0 Å². The van der Waals surface area contributed by atoms with E-state index in [1.165, 1.54) is 28.6 Å². The van der Waals surface area contributed by atoms with Crippen LogP contribution in [0.5, 0.6) is 5.75 Å². The number of esters is 1. The monoisotopic (exact) mass is 375 g/mol. The van der Waals surface area contributed by atoms with E-state index in [1.54, 1.807) is 13.2 Å². The Morgan fingerprint density at radius 1 is 1.08 bits per heavy atom. The topological polar surface area (TPSA) is 72.9 Å². The first-order valence-corrected chi connectivity index (χ1v) is 9.85. The molecule has 1 heterocycles. The second-order valence-electron chi connectivity index (χ2n) is 6.06. The van der Waals surface area contributed by atoms with Crippen LogP contribution in [0.3, 0.4) is 0 Å². The Balaban J connectivity index is 1.65. The van der Waals surface area contributed by atoms with Gasteiger partial charge in [0.2, 0.25) is 10.0 Å². The van der Waals surface area contributed by atoms with Crippen molar-refractivity contribution < 1.29 is 22.7 Å². The van der Waals surface area contributed by atoms with Gasteiger partial charge in [-0.05, 0) is 54.8 Å². The minimum Gasteiger partial charge on any atom is -0.497 e. The van der Waals surface area contributed by atoms with Crippen LogP contribution in [0.2, 0.25) is 0 Å². The van der Waals surface area contributed by atoms with E-state index in [4.69, 9.17) is 9.47 Å². The molecule has 0 N–H and O–H groups in total. The van der Waals surface area contributed by atoms with Crippen LogP contribution in [-0.2, 0) is 21.4 Å². The van der Waals surface area contributed by atoms with Crippen LogP contribution in [0.25, 0.3) is 0 Å². The average Bonchev–Trinajstić information content (AvgIpc) is 3.22. The Bertz CT molecular complexity index is 871. The van der Waals surface area contributed by atoms with E-state index < -0.39 is 16.0 Å². The summed E-state index contributed by atoms with van der Waals surface area (Å²) >= 11 is 0. The third kappa shape index (κ3) is 4.05. The van der Waals surface area contributed by atoms with Crippen LogP contribution in [0.1, 0.15) is 28.8 Å². The van der Waals surface area contributed by atoms with Gasteiger partial charge in [0.1, 0.15) is 12.4 Å². The molecular formula is C19H21NO5S. The second kappa shape index (κ2) is 7.88. The van der Waals surface area contributed by atoms with Crippen molar-refractivity contribution in [2.75, 3.05) is 20.2 Å². The number of hydrogen-bond donors (Lipinski definition) is 0. The molecule has 0 aromatic heterocycles. The van der Waals surface area contributed by atoms with Gasteiger partial charge < -0.3 is 9.47 Å². The Labute approximate surface area is 153 Å². The number of rotatable bonds is 6. The quantitative estimate of drug-likeness (QED) is 0.726. The Kier molecular flexibility index (Phi) is 5.58. The summed E-state index contributed by atoms with van der Waals surface area (Å²) < 4.78 is 36.9. The van der Waals surface area contributed by atoms with Crippen molar-refractivity contribution in [3.63, 3.8) is 0 Å². The van der Waals surface area contributed by atoms with Crippen molar-refractivity contribution in [2.24, 2.45) is 0 Å². The molecule has 3 rings (SSSR count). The van der Waals surface area contributed by atoms with Crippen LogP contribution in [0.15, 0.2) is 53.4 Å². The van der Waals surface area contributed by atoms with Crippen molar-refractivity contribution in [1.82, 2.24) is 4.31 Å². The first kappa shape index (κ1) is 18.4. The molecule has 6 nitrogen and oxygen atoms in total. The number of benzene rings is 2. The molecule has 0 atom stereocenters. The number of carbonyl (C=O) groups is 1. The van der Waals surface area contributed by atoms with Crippen molar-refractivity contribution in [1.29, 1.82) is 0 Å². The highest BCUT2D eigenvalue weighted by molar-refractivity contribution is 7.89. The van der Waals surface area contributed by atoms with E-state index in [1.807, 2.05) is 18.2 Å². The van der Waals surface area contributed by atoms with E-state index in [9.17, 15) is 13.2 Å². The predicted octanol–water partition coefficient (Wildman–Crippen LogP) is 2.84. The molecule has 1 aliphatic rings. The number of methoxy groups -OCH3 is 1. The molecule has 1 fully saturated rings. The molecule has 0 bridgehead atoms. The van der Waals surface area contributed by atoms with Gasteiger partial charge in [0.15, 0.2) is 0 Å². The van der Waals surface area contributed by atoms with Gasteiger partial charge in [-0.15, -0.1) is 0 Å². The van der Waals surface area contributed by atoms with Gasteiger partial charge in [-0.3, -0.25) is 0 Å². The normalized spacial score (nSPS) is 15.0. The number of sulfonamides is 1. The van der Waals surface area contributed by atoms with Crippen molar-refractivity contribution >= 4 is 16.0 Å². The fraction of sp³-hybridized carbons (Fsp3) is 0.316. The molecule has 0 unspecified atom stereocenters. The van der Waals surface area contributed by atoms with E-state index >= 15 is 0 Å². The van der Waals surface area contributed by atoms with Gasteiger partial charge in [0, 0.05) is 13.1 Å². The van der Waals surface area contributed by atoms with Crippen LogP contribution in [0, 0.1) is 0 Å². The van der Waals surface area contributed by atoms with E-state index in [2.05, 4.69) is 0 Å². The lowest BCUT2D eigenvalue weighted by Crippen LogP contribution is -2.27. The maximum Gasteiger partial charge on any atom is 0.338 e. The van der Waals surface area contributed by atoms with Gasteiger partial charge in [-0.1, -0.05) is 12.1 Å². The van der Waals surface area contributed by atoms with Gasteiger partial charge >= 0.3 is 5.97 Å². The lowest BCUT2D eigenvalue weighted by molar-refractivity contribution is 0.0472. The highest BCUT2D eigenvalue weighted by atomic mass is 32.2. The van der Waals surface area contributed by atoms with Crippen molar-refractivity contribution in [2.45, 2.75) is 24.3 Å². The number of hydrogen-bond acceptors (Lipinski definition) is 5. The molecular weight excluding hydrogens is 354 g/mol. The van der Waals surface area contributed by atoms with Crippen molar-refractivity contribution in [3.05, 3.63) is 59.7 Å².